The van der Waals surface area contributed by atoms with Crippen LogP contribution < -0.4 is 21.4 Å². The predicted octanol–water partition coefficient (Wildman–Crippen LogP) is 7.99. The fraction of sp³-hybridized carbons (Fsp3) is 0.0638. The SMILES string of the molecule is Cc1ccc(C2=c3ccc([nH]3)=C(c3ccc(C)cc3)c3ccc([nH]3)C(c3ccc(Br)cc3)=c3ccc([nH]3)=C(c3ccc(C)cc3)c3ccc2[nH]3)cc1. The summed E-state index contributed by atoms with van der Waals surface area (Å²) in [5, 5.41) is 4.14. The molecule has 8 aromatic rings. The highest BCUT2D eigenvalue weighted by Crippen LogP contribution is 2.28. The molecule has 0 saturated carbocycles. The maximum atomic E-state index is 3.88. The summed E-state index contributed by atoms with van der Waals surface area (Å²) < 4.78 is 1.04. The summed E-state index contributed by atoms with van der Waals surface area (Å²) in [6, 6.07) is 52.6. The van der Waals surface area contributed by atoms with Crippen molar-refractivity contribution >= 4 is 38.2 Å². The summed E-state index contributed by atoms with van der Waals surface area (Å²) in [4.78, 5) is 15.5. The fourth-order valence-corrected chi connectivity index (χ4v) is 7.61. The van der Waals surface area contributed by atoms with E-state index in [-0.39, 0.29) is 0 Å². The van der Waals surface area contributed by atoms with Crippen LogP contribution in [0.1, 0.15) is 61.7 Å². The molecule has 4 N–H and O–H groups in total. The summed E-state index contributed by atoms with van der Waals surface area (Å²) in [5.41, 5.74) is 16.8. The number of rotatable bonds is 4. The average Bonchev–Trinajstić information content (AvgIpc) is 3.99. The minimum absolute atomic E-state index is 1.03. The molecule has 4 aromatic heterocycles. The van der Waals surface area contributed by atoms with Gasteiger partial charge < -0.3 is 19.9 Å². The topological polar surface area (TPSA) is 63.2 Å². The van der Waals surface area contributed by atoms with E-state index in [1.807, 2.05) is 0 Å². The van der Waals surface area contributed by atoms with E-state index in [9.17, 15) is 0 Å². The number of aromatic nitrogens is 4. The smallest absolute Gasteiger partial charge is 0.0485 e. The summed E-state index contributed by atoms with van der Waals surface area (Å²) in [7, 11) is 0. The van der Waals surface area contributed by atoms with Crippen LogP contribution in [-0.4, -0.2) is 19.9 Å². The minimum Gasteiger partial charge on any atom is -0.354 e. The van der Waals surface area contributed by atoms with Crippen molar-refractivity contribution < 1.29 is 0 Å². The minimum atomic E-state index is 1.03. The molecule has 9 rings (SSSR count). The fourth-order valence-electron chi connectivity index (χ4n) is 7.35. The number of nitrogens with one attached hydrogen (secondary N) is 4. The van der Waals surface area contributed by atoms with Gasteiger partial charge in [-0.25, -0.2) is 0 Å². The summed E-state index contributed by atoms with van der Waals surface area (Å²) in [5.74, 6) is 0. The molecule has 8 bridgehead atoms. The van der Waals surface area contributed by atoms with Gasteiger partial charge in [0, 0.05) is 70.9 Å². The third-order valence-corrected chi connectivity index (χ3v) is 10.6. The second-order valence-electron chi connectivity index (χ2n) is 13.7. The maximum absolute atomic E-state index is 3.88. The van der Waals surface area contributed by atoms with Gasteiger partial charge in [0.15, 0.2) is 0 Å². The lowest BCUT2D eigenvalue weighted by molar-refractivity contribution is 1.19. The molecule has 0 unspecified atom stereocenters. The Labute approximate surface area is 310 Å². The molecule has 4 aromatic carbocycles. The number of benzene rings is 4. The first-order valence-corrected chi connectivity index (χ1v) is 18.4. The summed E-state index contributed by atoms with van der Waals surface area (Å²) in [6.07, 6.45) is 0. The van der Waals surface area contributed by atoms with Gasteiger partial charge >= 0.3 is 0 Å². The van der Waals surface area contributed by atoms with Crippen LogP contribution in [0.25, 0.3) is 22.3 Å². The highest BCUT2D eigenvalue weighted by molar-refractivity contribution is 9.10. The van der Waals surface area contributed by atoms with E-state index in [1.54, 1.807) is 0 Å². The molecule has 252 valence electrons. The molecule has 0 aliphatic carbocycles. The molecule has 5 heterocycles. The zero-order valence-electron chi connectivity index (χ0n) is 29.2. The van der Waals surface area contributed by atoms with Gasteiger partial charge in [-0.05, 0) is 104 Å². The first-order chi connectivity index (χ1) is 25.4. The van der Waals surface area contributed by atoms with Crippen LogP contribution in [0.2, 0.25) is 0 Å². The van der Waals surface area contributed by atoms with Crippen LogP contribution in [-0.2, 0) is 0 Å². The highest BCUT2D eigenvalue weighted by atomic mass is 79.9. The number of aryl methyl sites for hydroxylation is 3. The van der Waals surface area contributed by atoms with Gasteiger partial charge in [0.05, 0.1) is 0 Å². The van der Waals surface area contributed by atoms with Gasteiger partial charge in [-0.2, -0.15) is 0 Å². The van der Waals surface area contributed by atoms with Gasteiger partial charge in [0.2, 0.25) is 0 Å². The lowest BCUT2D eigenvalue weighted by Crippen LogP contribution is -2.19. The highest BCUT2D eigenvalue weighted by Gasteiger charge is 2.18. The first kappa shape index (κ1) is 31.9. The molecule has 5 heteroatoms. The van der Waals surface area contributed by atoms with E-state index in [2.05, 4.69) is 202 Å². The number of H-pyrrole nitrogens is 4. The number of aromatic amines is 4. The lowest BCUT2D eigenvalue weighted by atomic mass is 10.0. The van der Waals surface area contributed by atoms with Gasteiger partial charge in [-0.3, -0.25) is 0 Å². The second kappa shape index (κ2) is 12.9. The molecule has 4 nitrogen and oxygen atoms in total. The molecule has 0 fully saturated rings. The largest absolute Gasteiger partial charge is 0.354 e. The lowest BCUT2D eigenvalue weighted by Gasteiger charge is -2.10. The Morgan fingerprint density at radius 2 is 0.538 bits per heavy atom. The molecule has 1 aliphatic heterocycles. The van der Waals surface area contributed by atoms with Crippen LogP contribution in [0.3, 0.4) is 0 Å². The average molecular weight is 738 g/mol. The van der Waals surface area contributed by atoms with Crippen LogP contribution in [0.4, 0.5) is 0 Å². The van der Waals surface area contributed by atoms with Gasteiger partial charge in [0.25, 0.3) is 0 Å². The van der Waals surface area contributed by atoms with Crippen molar-refractivity contribution in [1.29, 1.82) is 0 Å². The molecule has 52 heavy (non-hydrogen) atoms. The number of fused-ring (bicyclic) bond motifs is 8. The predicted molar refractivity (Wildman–Crippen MR) is 216 cm³/mol. The molecule has 0 radical (unpaired) electrons. The Bertz CT molecular complexity index is 2450. The Hall–Kier alpha value is -6.04. The van der Waals surface area contributed by atoms with E-state index in [0.717, 1.165) is 93.2 Å². The van der Waals surface area contributed by atoms with Crippen LogP contribution in [0.5, 0.6) is 0 Å². The third-order valence-electron chi connectivity index (χ3n) is 10.1. The number of hydrogen-bond donors (Lipinski definition) is 4. The second-order valence-corrected chi connectivity index (χ2v) is 14.7. The van der Waals surface area contributed by atoms with E-state index in [1.165, 1.54) is 16.7 Å². The normalized spacial score (nSPS) is 12.8. The van der Waals surface area contributed by atoms with Crippen molar-refractivity contribution in [2.45, 2.75) is 20.8 Å². The Morgan fingerprint density at radius 3 is 0.808 bits per heavy atom. The number of hydrogen-bond acceptors (Lipinski definition) is 0. The van der Waals surface area contributed by atoms with Crippen molar-refractivity contribution in [3.8, 4) is 0 Å². The van der Waals surface area contributed by atoms with Gasteiger partial charge in [-0.1, -0.05) is 118 Å². The Morgan fingerprint density at radius 1 is 0.288 bits per heavy atom. The van der Waals surface area contributed by atoms with Gasteiger partial charge in [0.1, 0.15) is 0 Å². The summed E-state index contributed by atoms with van der Waals surface area (Å²) in [6.45, 7) is 6.39. The zero-order valence-corrected chi connectivity index (χ0v) is 30.8. The monoisotopic (exact) mass is 736 g/mol. The van der Waals surface area contributed by atoms with Crippen LogP contribution in [0, 0.1) is 20.8 Å². The van der Waals surface area contributed by atoms with Crippen molar-refractivity contribution in [3.63, 3.8) is 0 Å². The van der Waals surface area contributed by atoms with Crippen molar-refractivity contribution in [2.24, 2.45) is 0 Å². The molecule has 0 saturated heterocycles. The molecule has 0 amide bonds. The quantitative estimate of drug-likeness (QED) is 0.142. The molecular formula is C47H37BrN4. The summed E-state index contributed by atoms with van der Waals surface area (Å²) >= 11 is 3.65. The molecule has 0 atom stereocenters. The van der Waals surface area contributed by atoms with E-state index >= 15 is 0 Å². The number of halogens is 1. The van der Waals surface area contributed by atoms with Gasteiger partial charge in [-0.15, -0.1) is 0 Å². The van der Waals surface area contributed by atoms with Crippen LogP contribution in [0.15, 0.2) is 150 Å². The van der Waals surface area contributed by atoms with Crippen molar-refractivity contribution in [1.82, 2.24) is 19.9 Å². The van der Waals surface area contributed by atoms with Crippen molar-refractivity contribution in [3.05, 3.63) is 233 Å². The molecular weight excluding hydrogens is 700 g/mol. The zero-order chi connectivity index (χ0) is 35.3. The van der Waals surface area contributed by atoms with E-state index in [4.69, 9.17) is 0 Å². The third kappa shape index (κ3) is 5.83. The standard InChI is InChI=1S/C47H37BrN4/c1-28-4-10-31(11-5-28)44-36-20-22-38(49-36)45(32-12-6-29(2)7-13-32)40-24-26-42(51-40)47(34-16-18-35(48)19-17-34)43-27-25-41(52-43)46(39-23-21-37(44)50-39)33-14-8-30(3)9-15-33/h4-27,49-52H,1-3H3. The van der Waals surface area contributed by atoms with Crippen molar-refractivity contribution in [2.75, 3.05) is 0 Å². The molecule has 0 spiro atoms. The molecule has 1 aliphatic rings. The van der Waals surface area contributed by atoms with E-state index < -0.39 is 0 Å². The van der Waals surface area contributed by atoms with E-state index in [0.29, 0.717) is 0 Å². The Kier molecular flexibility index (Phi) is 7.94. The Balaban J connectivity index is 1.43. The van der Waals surface area contributed by atoms with Crippen LogP contribution >= 0.6 is 15.9 Å². The first-order valence-electron chi connectivity index (χ1n) is 17.6. The maximum Gasteiger partial charge on any atom is 0.0485 e.